The number of hydrogen-bond donors (Lipinski definition) is 2. The summed E-state index contributed by atoms with van der Waals surface area (Å²) >= 11 is 0. The summed E-state index contributed by atoms with van der Waals surface area (Å²) in [7, 11) is 0. The van der Waals surface area contributed by atoms with Crippen LogP contribution in [0.5, 0.6) is 0 Å². The zero-order chi connectivity index (χ0) is 12.7. The molecule has 3 unspecified atom stereocenters. The molecule has 0 aromatic rings. The molecule has 0 spiro atoms. The average molecular weight is 238 g/mol. The highest BCUT2D eigenvalue weighted by Gasteiger charge is 2.44. The van der Waals surface area contributed by atoms with Gasteiger partial charge in [-0.05, 0) is 44.4 Å². The quantitative estimate of drug-likeness (QED) is 0.775. The van der Waals surface area contributed by atoms with Gasteiger partial charge in [-0.15, -0.1) is 0 Å². The summed E-state index contributed by atoms with van der Waals surface area (Å²) < 4.78 is 0. The van der Waals surface area contributed by atoms with E-state index in [1.807, 2.05) is 6.92 Å². The average Bonchev–Trinajstić information content (AvgIpc) is 2.72. The number of nitrogens with two attached hydrogens (primary N) is 1. The fraction of sp³-hybridized carbons (Fsp3) is 0.929. The smallest absolute Gasteiger partial charge is 0.227 e. The topological polar surface area (TPSA) is 55.1 Å². The SMILES string of the molecule is CC1(C)CCC(NC(=O)C2(C)CCCC2N)C1. The van der Waals surface area contributed by atoms with Crippen LogP contribution in [0.4, 0.5) is 0 Å². The van der Waals surface area contributed by atoms with E-state index in [-0.39, 0.29) is 17.4 Å². The maximum Gasteiger partial charge on any atom is 0.227 e. The Hall–Kier alpha value is -0.570. The molecular formula is C14H26N2O. The summed E-state index contributed by atoms with van der Waals surface area (Å²) in [5.74, 6) is 0.185. The second-order valence-electron chi connectivity index (χ2n) is 6.99. The third kappa shape index (κ3) is 2.49. The Morgan fingerprint density at radius 3 is 2.41 bits per heavy atom. The predicted octanol–water partition coefficient (Wildman–Crippen LogP) is 2.20. The van der Waals surface area contributed by atoms with Gasteiger partial charge in [0, 0.05) is 12.1 Å². The first-order valence-corrected chi connectivity index (χ1v) is 6.90. The first-order valence-electron chi connectivity index (χ1n) is 6.90. The molecular weight excluding hydrogens is 212 g/mol. The van der Waals surface area contributed by atoms with E-state index in [4.69, 9.17) is 5.73 Å². The molecule has 3 heteroatoms. The van der Waals surface area contributed by atoms with Crippen LogP contribution >= 0.6 is 0 Å². The molecule has 0 aliphatic heterocycles. The molecule has 0 radical (unpaired) electrons. The lowest BCUT2D eigenvalue weighted by molar-refractivity contribution is -0.131. The Labute approximate surface area is 105 Å². The van der Waals surface area contributed by atoms with Crippen LogP contribution in [0.3, 0.4) is 0 Å². The van der Waals surface area contributed by atoms with Gasteiger partial charge in [-0.1, -0.05) is 20.3 Å². The van der Waals surface area contributed by atoms with Crippen LogP contribution in [-0.2, 0) is 4.79 Å². The number of carbonyl (C=O) groups is 1. The highest BCUT2D eigenvalue weighted by atomic mass is 16.2. The van der Waals surface area contributed by atoms with Crippen molar-refractivity contribution in [2.45, 2.75) is 71.4 Å². The predicted molar refractivity (Wildman–Crippen MR) is 69.5 cm³/mol. The van der Waals surface area contributed by atoms with Crippen LogP contribution in [-0.4, -0.2) is 18.0 Å². The van der Waals surface area contributed by atoms with Crippen molar-refractivity contribution in [3.63, 3.8) is 0 Å². The van der Waals surface area contributed by atoms with Gasteiger partial charge in [0.25, 0.3) is 0 Å². The molecule has 0 bridgehead atoms. The lowest BCUT2D eigenvalue weighted by atomic mass is 9.83. The number of rotatable bonds is 2. The van der Waals surface area contributed by atoms with Gasteiger partial charge in [-0.2, -0.15) is 0 Å². The zero-order valence-electron chi connectivity index (χ0n) is 11.4. The molecule has 2 saturated carbocycles. The van der Waals surface area contributed by atoms with E-state index in [1.165, 1.54) is 6.42 Å². The standard InChI is InChI=1S/C14H26N2O/c1-13(2)8-6-10(9-13)16-12(17)14(3)7-4-5-11(14)15/h10-11H,4-9,15H2,1-3H3,(H,16,17). The van der Waals surface area contributed by atoms with Gasteiger partial charge in [-0.25, -0.2) is 0 Å². The normalized spacial score (nSPS) is 40.5. The largest absolute Gasteiger partial charge is 0.353 e. The second-order valence-corrected chi connectivity index (χ2v) is 6.99. The van der Waals surface area contributed by atoms with Crippen molar-refractivity contribution in [1.29, 1.82) is 0 Å². The van der Waals surface area contributed by atoms with Gasteiger partial charge >= 0.3 is 0 Å². The van der Waals surface area contributed by atoms with Crippen molar-refractivity contribution in [1.82, 2.24) is 5.32 Å². The Morgan fingerprint density at radius 2 is 1.94 bits per heavy atom. The Kier molecular flexibility index (Phi) is 3.23. The fourth-order valence-corrected chi connectivity index (χ4v) is 3.38. The summed E-state index contributed by atoms with van der Waals surface area (Å²) in [4.78, 5) is 12.4. The fourth-order valence-electron chi connectivity index (χ4n) is 3.38. The first kappa shape index (κ1) is 12.9. The summed E-state index contributed by atoms with van der Waals surface area (Å²) in [6.07, 6.45) is 6.44. The minimum absolute atomic E-state index is 0.0388. The Bertz CT molecular complexity index is 313. The molecule has 3 atom stereocenters. The number of nitrogens with one attached hydrogen (secondary N) is 1. The molecule has 3 nitrogen and oxygen atoms in total. The number of amides is 1. The van der Waals surface area contributed by atoms with E-state index in [1.54, 1.807) is 0 Å². The lowest BCUT2D eigenvalue weighted by Gasteiger charge is -2.29. The van der Waals surface area contributed by atoms with E-state index < -0.39 is 0 Å². The van der Waals surface area contributed by atoms with E-state index in [9.17, 15) is 4.79 Å². The molecule has 98 valence electrons. The summed E-state index contributed by atoms with van der Waals surface area (Å²) in [6.45, 7) is 6.59. The third-order valence-corrected chi connectivity index (χ3v) is 4.85. The van der Waals surface area contributed by atoms with E-state index in [0.29, 0.717) is 11.5 Å². The summed E-state index contributed by atoms with van der Waals surface area (Å²) in [5, 5.41) is 3.23. The van der Waals surface area contributed by atoms with Crippen molar-refractivity contribution in [3.8, 4) is 0 Å². The molecule has 0 saturated heterocycles. The van der Waals surface area contributed by atoms with Crippen LogP contribution in [0.2, 0.25) is 0 Å². The second kappa shape index (κ2) is 4.27. The molecule has 17 heavy (non-hydrogen) atoms. The van der Waals surface area contributed by atoms with Crippen molar-refractivity contribution in [2.75, 3.05) is 0 Å². The Morgan fingerprint density at radius 1 is 1.24 bits per heavy atom. The zero-order valence-corrected chi connectivity index (χ0v) is 11.4. The van der Waals surface area contributed by atoms with Crippen LogP contribution in [0.15, 0.2) is 0 Å². The summed E-state index contributed by atoms with van der Waals surface area (Å²) in [6, 6.07) is 0.402. The molecule has 0 aromatic carbocycles. The molecule has 1 amide bonds. The van der Waals surface area contributed by atoms with Gasteiger partial charge in [0.05, 0.1) is 5.41 Å². The van der Waals surface area contributed by atoms with E-state index in [0.717, 1.165) is 32.1 Å². The maximum absolute atomic E-state index is 12.4. The van der Waals surface area contributed by atoms with E-state index >= 15 is 0 Å². The lowest BCUT2D eigenvalue weighted by Crippen LogP contribution is -2.49. The van der Waals surface area contributed by atoms with Crippen LogP contribution in [0, 0.1) is 10.8 Å². The van der Waals surface area contributed by atoms with Crippen LogP contribution in [0.25, 0.3) is 0 Å². The van der Waals surface area contributed by atoms with Crippen molar-refractivity contribution in [2.24, 2.45) is 16.6 Å². The van der Waals surface area contributed by atoms with Gasteiger partial charge in [0.15, 0.2) is 0 Å². The molecule has 0 heterocycles. The number of hydrogen-bond acceptors (Lipinski definition) is 2. The van der Waals surface area contributed by atoms with Crippen molar-refractivity contribution in [3.05, 3.63) is 0 Å². The number of carbonyl (C=O) groups excluding carboxylic acids is 1. The van der Waals surface area contributed by atoms with Gasteiger partial charge in [0.2, 0.25) is 5.91 Å². The van der Waals surface area contributed by atoms with Crippen molar-refractivity contribution >= 4 is 5.91 Å². The van der Waals surface area contributed by atoms with Crippen LogP contribution < -0.4 is 11.1 Å². The maximum atomic E-state index is 12.4. The molecule has 2 aliphatic rings. The Balaban J connectivity index is 1.94. The van der Waals surface area contributed by atoms with Crippen molar-refractivity contribution < 1.29 is 4.79 Å². The highest BCUT2D eigenvalue weighted by Crippen LogP contribution is 2.40. The van der Waals surface area contributed by atoms with Crippen LogP contribution in [0.1, 0.15) is 59.3 Å². The minimum Gasteiger partial charge on any atom is -0.353 e. The molecule has 2 fully saturated rings. The third-order valence-electron chi connectivity index (χ3n) is 4.85. The minimum atomic E-state index is -0.327. The monoisotopic (exact) mass is 238 g/mol. The van der Waals surface area contributed by atoms with E-state index in [2.05, 4.69) is 19.2 Å². The summed E-state index contributed by atoms with van der Waals surface area (Å²) in [5.41, 5.74) is 6.14. The molecule has 0 aromatic heterocycles. The van der Waals surface area contributed by atoms with Gasteiger partial charge in [0.1, 0.15) is 0 Å². The highest BCUT2D eigenvalue weighted by molar-refractivity contribution is 5.83. The van der Waals surface area contributed by atoms with Gasteiger partial charge < -0.3 is 11.1 Å². The molecule has 2 aliphatic carbocycles. The van der Waals surface area contributed by atoms with Gasteiger partial charge in [-0.3, -0.25) is 4.79 Å². The molecule has 2 rings (SSSR count). The first-order chi connectivity index (χ1) is 7.83. The molecule has 3 N–H and O–H groups in total.